The molecule has 0 atom stereocenters. The second kappa shape index (κ2) is 6.32. The Kier molecular flexibility index (Phi) is 4.69. The number of nitrogens with two attached hydrogens (primary N) is 1. The molecule has 0 unspecified atom stereocenters. The van der Waals surface area contributed by atoms with Crippen LogP contribution in [0.5, 0.6) is 0 Å². The first kappa shape index (κ1) is 15.6. The fourth-order valence-electron chi connectivity index (χ4n) is 2.63. The number of anilines is 2. The Labute approximate surface area is 124 Å². The molecule has 21 heavy (non-hydrogen) atoms. The van der Waals surface area contributed by atoms with Gasteiger partial charge < -0.3 is 25.8 Å². The van der Waals surface area contributed by atoms with Gasteiger partial charge in [0.1, 0.15) is 0 Å². The van der Waals surface area contributed by atoms with E-state index in [4.69, 9.17) is 10.5 Å². The molecule has 6 heteroatoms. The first-order valence-electron chi connectivity index (χ1n) is 7.08. The molecule has 4 N–H and O–H groups in total. The zero-order valence-electron chi connectivity index (χ0n) is 12.6. The Bertz CT molecular complexity index is 513. The van der Waals surface area contributed by atoms with Crippen molar-refractivity contribution in [2.45, 2.75) is 18.4 Å². The number of carbonyl (C=O) groups excluding carboxylic acids is 1. The summed E-state index contributed by atoms with van der Waals surface area (Å²) in [7, 11) is 3.45. The van der Waals surface area contributed by atoms with Crippen molar-refractivity contribution in [3.05, 3.63) is 23.8 Å². The largest absolute Gasteiger partial charge is 0.399 e. The van der Waals surface area contributed by atoms with Gasteiger partial charge in [0.15, 0.2) is 0 Å². The van der Waals surface area contributed by atoms with Crippen molar-refractivity contribution < 1.29 is 14.6 Å². The third-order valence-electron chi connectivity index (χ3n) is 3.86. The highest BCUT2D eigenvalue weighted by Crippen LogP contribution is 2.27. The smallest absolute Gasteiger partial charge is 0.253 e. The summed E-state index contributed by atoms with van der Waals surface area (Å²) in [6, 6.07) is 5.16. The lowest BCUT2D eigenvalue weighted by molar-refractivity contribution is -0.0572. The van der Waals surface area contributed by atoms with Crippen LogP contribution in [0.25, 0.3) is 0 Å². The Balaban J connectivity index is 2.23. The lowest BCUT2D eigenvalue weighted by atomic mass is 9.93. The number of nitrogens with zero attached hydrogens (tertiary/aromatic N) is 1. The predicted octanol–water partition coefficient (Wildman–Crippen LogP) is 0.606. The zero-order chi connectivity index (χ0) is 15.5. The number of carbonyl (C=O) groups is 1. The maximum atomic E-state index is 12.0. The summed E-state index contributed by atoms with van der Waals surface area (Å²) in [5, 5.41) is 13.2. The number of hydrogen-bond donors (Lipinski definition) is 3. The Morgan fingerprint density at radius 1 is 1.48 bits per heavy atom. The van der Waals surface area contributed by atoms with Gasteiger partial charge in [0.25, 0.3) is 5.91 Å². The van der Waals surface area contributed by atoms with Crippen LogP contribution in [-0.2, 0) is 4.74 Å². The highest BCUT2D eigenvalue weighted by Gasteiger charge is 2.32. The second-order valence-electron chi connectivity index (χ2n) is 5.55. The number of amides is 1. The van der Waals surface area contributed by atoms with Crippen LogP contribution in [0.15, 0.2) is 18.2 Å². The van der Waals surface area contributed by atoms with Crippen LogP contribution in [0, 0.1) is 0 Å². The first-order valence-corrected chi connectivity index (χ1v) is 7.08. The summed E-state index contributed by atoms with van der Waals surface area (Å²) in [6.07, 6.45) is 1.18. The molecule has 0 aromatic heterocycles. The van der Waals surface area contributed by atoms with Crippen LogP contribution < -0.4 is 16.0 Å². The van der Waals surface area contributed by atoms with Gasteiger partial charge in [-0.15, -0.1) is 0 Å². The van der Waals surface area contributed by atoms with E-state index in [0.717, 1.165) is 0 Å². The van der Waals surface area contributed by atoms with Gasteiger partial charge in [-0.05, 0) is 18.2 Å². The number of nitrogen functional groups attached to an aromatic ring is 1. The molecule has 0 aliphatic carbocycles. The van der Waals surface area contributed by atoms with Gasteiger partial charge in [-0.25, -0.2) is 0 Å². The molecule has 1 aromatic rings. The molecule has 1 saturated heterocycles. The third kappa shape index (κ3) is 3.65. The van der Waals surface area contributed by atoms with E-state index in [-0.39, 0.29) is 5.91 Å². The maximum Gasteiger partial charge on any atom is 0.253 e. The third-order valence-corrected chi connectivity index (χ3v) is 3.86. The highest BCUT2D eigenvalue weighted by molar-refractivity contribution is 6.00. The molecule has 1 heterocycles. The number of hydrogen-bond acceptors (Lipinski definition) is 5. The summed E-state index contributed by atoms with van der Waals surface area (Å²) in [4.78, 5) is 13.8. The molecule has 6 nitrogen and oxygen atoms in total. The minimum Gasteiger partial charge on any atom is -0.399 e. The summed E-state index contributed by atoms with van der Waals surface area (Å²) in [5.41, 5.74) is 6.89. The molecular formula is C15H23N3O3. The highest BCUT2D eigenvalue weighted by atomic mass is 16.5. The number of nitrogens with one attached hydrogen (secondary N) is 1. The molecule has 1 aliphatic rings. The number of likely N-dealkylation sites (N-methyl/N-ethyl adjacent to an activating group) is 1. The Morgan fingerprint density at radius 2 is 2.14 bits per heavy atom. The van der Waals surface area contributed by atoms with Crippen LogP contribution >= 0.6 is 0 Å². The van der Waals surface area contributed by atoms with Crippen molar-refractivity contribution in [2.24, 2.45) is 0 Å². The van der Waals surface area contributed by atoms with E-state index in [2.05, 4.69) is 5.32 Å². The fourth-order valence-corrected chi connectivity index (χ4v) is 2.63. The number of aliphatic hydroxyl groups is 1. The Hall–Kier alpha value is -1.79. The molecule has 2 rings (SSSR count). The van der Waals surface area contributed by atoms with Gasteiger partial charge in [0, 0.05) is 52.4 Å². The topological polar surface area (TPSA) is 87.8 Å². The van der Waals surface area contributed by atoms with E-state index in [9.17, 15) is 9.90 Å². The molecule has 1 fully saturated rings. The molecule has 0 spiro atoms. The average Bonchev–Trinajstić information content (AvgIpc) is 2.46. The quantitative estimate of drug-likeness (QED) is 0.708. The molecule has 1 aliphatic heterocycles. The summed E-state index contributed by atoms with van der Waals surface area (Å²) in [6.45, 7) is 1.55. The standard InChI is InChI=1S/C15H23N3O3/c1-17-14(19)12-4-3-11(16)9-13(12)18(2)10-15(20)5-7-21-8-6-15/h3-4,9,20H,5-8,10,16H2,1-2H3,(H,17,19). The molecule has 0 radical (unpaired) electrons. The van der Waals surface area contributed by atoms with Crippen molar-refractivity contribution >= 4 is 17.3 Å². The van der Waals surface area contributed by atoms with E-state index in [1.807, 2.05) is 11.9 Å². The molecule has 116 valence electrons. The molecule has 1 amide bonds. The first-order chi connectivity index (χ1) is 9.95. The minimum absolute atomic E-state index is 0.171. The van der Waals surface area contributed by atoms with Gasteiger partial charge in [0.2, 0.25) is 0 Å². The summed E-state index contributed by atoms with van der Waals surface area (Å²) in [5.74, 6) is -0.171. The molecular weight excluding hydrogens is 270 g/mol. The number of ether oxygens (including phenoxy) is 1. The Morgan fingerprint density at radius 3 is 2.76 bits per heavy atom. The van der Waals surface area contributed by atoms with E-state index < -0.39 is 5.60 Å². The van der Waals surface area contributed by atoms with Crippen LogP contribution in [0.2, 0.25) is 0 Å². The summed E-state index contributed by atoms with van der Waals surface area (Å²) < 4.78 is 5.29. The van der Waals surface area contributed by atoms with Crippen LogP contribution in [0.3, 0.4) is 0 Å². The van der Waals surface area contributed by atoms with E-state index in [0.29, 0.717) is 49.5 Å². The lowest BCUT2D eigenvalue weighted by Gasteiger charge is -2.36. The normalized spacial score (nSPS) is 17.3. The minimum atomic E-state index is -0.794. The number of rotatable bonds is 4. The van der Waals surface area contributed by atoms with Gasteiger partial charge >= 0.3 is 0 Å². The lowest BCUT2D eigenvalue weighted by Crippen LogP contribution is -2.46. The number of benzene rings is 1. The van der Waals surface area contributed by atoms with Gasteiger partial charge in [-0.3, -0.25) is 4.79 Å². The van der Waals surface area contributed by atoms with Crippen molar-refractivity contribution in [1.29, 1.82) is 0 Å². The van der Waals surface area contributed by atoms with Crippen LogP contribution in [0.4, 0.5) is 11.4 Å². The van der Waals surface area contributed by atoms with Gasteiger partial charge in [-0.2, -0.15) is 0 Å². The van der Waals surface area contributed by atoms with Gasteiger partial charge in [-0.1, -0.05) is 0 Å². The van der Waals surface area contributed by atoms with Crippen LogP contribution in [-0.4, -0.2) is 50.5 Å². The van der Waals surface area contributed by atoms with Crippen LogP contribution in [0.1, 0.15) is 23.2 Å². The van der Waals surface area contributed by atoms with Crippen molar-refractivity contribution in [2.75, 3.05) is 44.5 Å². The molecule has 0 saturated carbocycles. The van der Waals surface area contributed by atoms with E-state index >= 15 is 0 Å². The summed E-state index contributed by atoms with van der Waals surface area (Å²) >= 11 is 0. The van der Waals surface area contributed by atoms with Crippen molar-refractivity contribution in [3.63, 3.8) is 0 Å². The van der Waals surface area contributed by atoms with Gasteiger partial charge in [0.05, 0.1) is 16.9 Å². The van der Waals surface area contributed by atoms with Crippen molar-refractivity contribution in [1.82, 2.24) is 5.32 Å². The van der Waals surface area contributed by atoms with E-state index in [1.54, 1.807) is 25.2 Å². The average molecular weight is 293 g/mol. The van der Waals surface area contributed by atoms with E-state index in [1.165, 1.54) is 0 Å². The monoisotopic (exact) mass is 293 g/mol. The molecule has 1 aromatic carbocycles. The molecule has 0 bridgehead atoms. The zero-order valence-corrected chi connectivity index (χ0v) is 12.6. The maximum absolute atomic E-state index is 12.0. The predicted molar refractivity (Wildman–Crippen MR) is 82.5 cm³/mol. The SMILES string of the molecule is CNC(=O)c1ccc(N)cc1N(C)CC1(O)CCOCC1. The van der Waals surface area contributed by atoms with Crippen molar-refractivity contribution in [3.8, 4) is 0 Å². The fraction of sp³-hybridized carbons (Fsp3) is 0.533. The second-order valence-corrected chi connectivity index (χ2v) is 5.55.